The van der Waals surface area contributed by atoms with Gasteiger partial charge in [-0.05, 0) is 24.3 Å². The molecule has 0 unspecified atom stereocenters. The van der Waals surface area contributed by atoms with Crippen molar-refractivity contribution in [1.29, 1.82) is 5.26 Å². The number of para-hydroxylation sites is 1. The highest BCUT2D eigenvalue weighted by Crippen LogP contribution is 2.27. The van der Waals surface area contributed by atoms with Gasteiger partial charge in [0.25, 0.3) is 11.2 Å². The molecule has 4 aromatic rings. The van der Waals surface area contributed by atoms with E-state index in [4.69, 9.17) is 4.42 Å². The Labute approximate surface area is 163 Å². The second kappa shape index (κ2) is 7.25. The molecule has 0 amide bonds. The number of rotatable bonds is 4. The number of nitro benzene ring substituents is 1. The predicted molar refractivity (Wildman–Crippen MR) is 107 cm³/mol. The van der Waals surface area contributed by atoms with E-state index in [0.717, 1.165) is 0 Å². The van der Waals surface area contributed by atoms with Crippen molar-refractivity contribution in [2.24, 2.45) is 0 Å². The van der Waals surface area contributed by atoms with Gasteiger partial charge in [-0.15, -0.1) is 0 Å². The third-order valence-corrected chi connectivity index (χ3v) is 4.24. The van der Waals surface area contributed by atoms with Crippen LogP contribution in [-0.4, -0.2) is 14.9 Å². The van der Waals surface area contributed by atoms with Crippen molar-refractivity contribution in [3.8, 4) is 17.4 Å². The molecule has 0 aliphatic heterocycles. The lowest BCUT2D eigenvalue weighted by Crippen LogP contribution is -2.11. The van der Waals surface area contributed by atoms with Gasteiger partial charge in [0.2, 0.25) is 0 Å². The van der Waals surface area contributed by atoms with Crippen molar-refractivity contribution < 1.29 is 9.34 Å². The number of nitriles is 1. The van der Waals surface area contributed by atoms with Crippen LogP contribution in [0.2, 0.25) is 0 Å². The van der Waals surface area contributed by atoms with Gasteiger partial charge in [0.15, 0.2) is 5.82 Å². The number of nitrogens with one attached hydrogen (secondary N) is 1. The number of nitro groups is 1. The summed E-state index contributed by atoms with van der Waals surface area (Å²) in [6.07, 6.45) is 1.45. The summed E-state index contributed by atoms with van der Waals surface area (Å²) in [7, 11) is 0. The monoisotopic (exact) mass is 384 g/mol. The molecule has 1 N–H and O–H groups in total. The number of nitrogens with zero attached hydrogens (tertiary/aromatic N) is 3. The minimum absolute atomic E-state index is 0.0494. The zero-order valence-electron chi connectivity index (χ0n) is 14.8. The molecular weight excluding hydrogens is 372 g/mol. The van der Waals surface area contributed by atoms with Crippen LogP contribution in [0.15, 0.2) is 69.9 Å². The Morgan fingerprint density at radius 2 is 2.00 bits per heavy atom. The molecule has 140 valence electrons. The number of hydrogen-bond donors (Lipinski definition) is 1. The number of benzene rings is 2. The number of aromatic nitrogens is 2. The lowest BCUT2D eigenvalue weighted by Gasteiger charge is -2.01. The van der Waals surface area contributed by atoms with Crippen LogP contribution >= 0.6 is 0 Å². The number of non-ortho nitro benzene ring substituents is 1. The molecule has 2 aromatic carbocycles. The second-order valence-electron chi connectivity index (χ2n) is 6.11. The summed E-state index contributed by atoms with van der Waals surface area (Å²) in [6.45, 7) is 0. The lowest BCUT2D eigenvalue weighted by molar-refractivity contribution is -0.384. The Bertz CT molecular complexity index is 1380. The minimum Gasteiger partial charge on any atom is -0.457 e. The molecule has 0 saturated heterocycles. The molecule has 0 saturated carbocycles. The van der Waals surface area contributed by atoms with Crippen molar-refractivity contribution in [2.45, 2.75) is 0 Å². The van der Waals surface area contributed by atoms with E-state index in [2.05, 4.69) is 9.97 Å². The highest BCUT2D eigenvalue weighted by atomic mass is 16.6. The number of fused-ring (bicyclic) bond motifs is 1. The van der Waals surface area contributed by atoms with E-state index in [-0.39, 0.29) is 22.6 Å². The Balaban J connectivity index is 1.72. The Kier molecular flexibility index (Phi) is 4.47. The van der Waals surface area contributed by atoms with Gasteiger partial charge >= 0.3 is 0 Å². The molecule has 8 nitrogen and oxygen atoms in total. The SMILES string of the molecule is N#C/C(=C\c1ccc(-c2cccc([N+](=O)[O-])c2)o1)c1nc2ccccc2c(=O)[nH]1. The lowest BCUT2D eigenvalue weighted by atomic mass is 10.1. The second-order valence-corrected chi connectivity index (χ2v) is 6.11. The van der Waals surface area contributed by atoms with Gasteiger partial charge in [0, 0.05) is 23.8 Å². The predicted octanol–water partition coefficient (Wildman–Crippen LogP) is 4.16. The van der Waals surface area contributed by atoms with Crippen LogP contribution in [0.1, 0.15) is 11.6 Å². The molecule has 0 bridgehead atoms. The van der Waals surface area contributed by atoms with Crippen LogP contribution in [0, 0.1) is 21.4 Å². The van der Waals surface area contributed by atoms with Crippen molar-refractivity contribution in [3.63, 3.8) is 0 Å². The maximum Gasteiger partial charge on any atom is 0.270 e. The molecule has 0 aliphatic rings. The van der Waals surface area contributed by atoms with E-state index in [1.54, 1.807) is 48.5 Å². The highest BCUT2D eigenvalue weighted by Gasteiger charge is 2.12. The van der Waals surface area contributed by atoms with Gasteiger partial charge in [-0.2, -0.15) is 5.26 Å². The molecule has 4 rings (SSSR count). The first-order chi connectivity index (χ1) is 14.0. The van der Waals surface area contributed by atoms with E-state index in [1.165, 1.54) is 18.2 Å². The molecule has 8 heteroatoms. The fraction of sp³-hybridized carbons (Fsp3) is 0. The van der Waals surface area contributed by atoms with Crippen molar-refractivity contribution >= 4 is 28.2 Å². The van der Waals surface area contributed by atoms with Crippen LogP contribution in [-0.2, 0) is 0 Å². The standard InChI is InChI=1S/C21H12N4O4/c22-12-14(20-23-18-7-2-1-6-17(18)21(26)24-20)11-16-8-9-19(29-16)13-4-3-5-15(10-13)25(27)28/h1-11H,(H,23,24,26)/b14-11+. The van der Waals surface area contributed by atoms with Crippen molar-refractivity contribution in [2.75, 3.05) is 0 Å². The largest absolute Gasteiger partial charge is 0.457 e. The molecule has 2 heterocycles. The van der Waals surface area contributed by atoms with Gasteiger partial charge in [-0.25, -0.2) is 4.98 Å². The van der Waals surface area contributed by atoms with Crippen molar-refractivity contribution in [1.82, 2.24) is 9.97 Å². The molecule has 0 spiro atoms. The summed E-state index contributed by atoms with van der Waals surface area (Å²) in [4.78, 5) is 29.6. The maximum absolute atomic E-state index is 12.2. The summed E-state index contributed by atoms with van der Waals surface area (Å²) in [5, 5.41) is 20.9. The topological polar surface area (TPSA) is 126 Å². The first-order valence-electron chi connectivity index (χ1n) is 8.51. The fourth-order valence-electron chi connectivity index (χ4n) is 2.87. The Morgan fingerprint density at radius 3 is 2.79 bits per heavy atom. The van der Waals surface area contributed by atoms with Crippen LogP contribution in [0.3, 0.4) is 0 Å². The number of hydrogen-bond acceptors (Lipinski definition) is 6. The van der Waals surface area contributed by atoms with E-state index in [0.29, 0.717) is 28.0 Å². The smallest absolute Gasteiger partial charge is 0.270 e. The first-order valence-corrected chi connectivity index (χ1v) is 8.51. The van der Waals surface area contributed by atoms with E-state index >= 15 is 0 Å². The Morgan fingerprint density at radius 1 is 1.17 bits per heavy atom. The fourth-order valence-corrected chi connectivity index (χ4v) is 2.87. The Hall–Kier alpha value is -4.51. The molecule has 0 atom stereocenters. The van der Waals surface area contributed by atoms with Crippen LogP contribution in [0.4, 0.5) is 5.69 Å². The van der Waals surface area contributed by atoms with E-state index in [1.807, 2.05) is 6.07 Å². The summed E-state index contributed by atoms with van der Waals surface area (Å²) < 4.78 is 5.71. The zero-order valence-corrected chi connectivity index (χ0v) is 14.8. The van der Waals surface area contributed by atoms with Crippen molar-refractivity contribution in [3.05, 3.63) is 92.7 Å². The van der Waals surface area contributed by atoms with E-state index in [9.17, 15) is 20.2 Å². The molecule has 2 aromatic heterocycles. The highest BCUT2D eigenvalue weighted by molar-refractivity contribution is 5.88. The molecule has 29 heavy (non-hydrogen) atoms. The van der Waals surface area contributed by atoms with Gasteiger partial charge in [-0.3, -0.25) is 14.9 Å². The number of H-pyrrole nitrogens is 1. The minimum atomic E-state index is -0.483. The van der Waals surface area contributed by atoms with Gasteiger partial charge in [0.1, 0.15) is 17.6 Å². The van der Waals surface area contributed by atoms with Gasteiger partial charge < -0.3 is 9.40 Å². The van der Waals surface area contributed by atoms with Crippen LogP contribution in [0.25, 0.3) is 33.9 Å². The maximum atomic E-state index is 12.2. The number of allylic oxidation sites excluding steroid dienone is 1. The summed E-state index contributed by atoms with van der Waals surface area (Å²) >= 11 is 0. The molecule has 0 fully saturated rings. The molecule has 0 radical (unpaired) electrons. The van der Waals surface area contributed by atoms with Gasteiger partial charge in [-0.1, -0.05) is 24.3 Å². The van der Waals surface area contributed by atoms with Gasteiger partial charge in [0.05, 0.1) is 21.4 Å². The molecule has 0 aliphatic carbocycles. The average molecular weight is 384 g/mol. The third kappa shape index (κ3) is 3.52. The van der Waals surface area contributed by atoms with Crippen LogP contribution in [0.5, 0.6) is 0 Å². The molecular formula is C21H12N4O4. The zero-order chi connectivity index (χ0) is 20.4. The first kappa shape index (κ1) is 17.9. The normalized spacial score (nSPS) is 11.3. The average Bonchev–Trinajstić information content (AvgIpc) is 3.21. The van der Waals surface area contributed by atoms with E-state index < -0.39 is 4.92 Å². The van der Waals surface area contributed by atoms with Crippen LogP contribution < -0.4 is 5.56 Å². The number of furan rings is 1. The summed E-state index contributed by atoms with van der Waals surface area (Å²) in [5.41, 5.74) is 0.738. The summed E-state index contributed by atoms with van der Waals surface area (Å²) in [5.74, 6) is 0.889. The number of aromatic amines is 1. The summed E-state index contributed by atoms with van der Waals surface area (Å²) in [6, 6.07) is 18.2. The quantitative estimate of drug-likeness (QED) is 0.320. The third-order valence-electron chi connectivity index (χ3n) is 4.24.